The van der Waals surface area contributed by atoms with Gasteiger partial charge in [0, 0.05) is 24.4 Å². The number of nitrogens with one attached hydrogen (secondary N) is 2. The van der Waals surface area contributed by atoms with Crippen molar-refractivity contribution >= 4 is 17.4 Å². The molecule has 1 aliphatic carbocycles. The zero-order chi connectivity index (χ0) is 16.4. The Morgan fingerprint density at radius 3 is 3.00 bits per heavy atom. The number of carbonyl (C=O) groups excluding carboxylic acids is 2. The molecule has 0 saturated heterocycles. The highest BCUT2D eigenvalue weighted by molar-refractivity contribution is 6.13. The largest absolute Gasteiger partial charge is 0.478 e. The first-order valence-corrected chi connectivity index (χ1v) is 7.74. The second-order valence-corrected chi connectivity index (χ2v) is 5.56. The van der Waals surface area contributed by atoms with Gasteiger partial charge in [-0.1, -0.05) is 0 Å². The second kappa shape index (κ2) is 6.24. The van der Waals surface area contributed by atoms with Gasteiger partial charge in [0.05, 0.1) is 29.6 Å². The number of aromatic amines is 1. The third kappa shape index (κ3) is 2.97. The van der Waals surface area contributed by atoms with Crippen molar-refractivity contribution in [2.24, 2.45) is 0 Å². The quantitative estimate of drug-likeness (QED) is 0.909. The van der Waals surface area contributed by atoms with Crippen molar-refractivity contribution in [2.75, 3.05) is 11.9 Å². The van der Waals surface area contributed by atoms with E-state index >= 15 is 0 Å². The predicted octanol–water partition coefficient (Wildman–Crippen LogP) is 2.89. The lowest BCUT2D eigenvalue weighted by Crippen LogP contribution is -2.18. The summed E-state index contributed by atoms with van der Waals surface area (Å²) in [4.78, 5) is 31.8. The molecule has 0 spiro atoms. The maximum absolute atomic E-state index is 12.5. The normalized spacial score (nSPS) is 13.6. The van der Waals surface area contributed by atoms with Gasteiger partial charge in [-0.25, -0.2) is 4.98 Å². The number of nitrogens with zero attached hydrogens (tertiary/aromatic N) is 1. The second-order valence-electron chi connectivity index (χ2n) is 5.56. The van der Waals surface area contributed by atoms with Crippen molar-refractivity contribution < 1.29 is 14.3 Å². The third-order valence-corrected chi connectivity index (χ3v) is 3.94. The number of ether oxygens (including phenoxy) is 1. The molecule has 0 fully saturated rings. The average molecular weight is 313 g/mol. The average Bonchev–Trinajstić information content (AvgIpc) is 2.96. The molecule has 0 atom stereocenters. The number of fused-ring (bicyclic) bond motifs is 1. The molecular weight excluding hydrogens is 294 g/mol. The minimum atomic E-state index is -0.299. The molecule has 0 aromatic carbocycles. The van der Waals surface area contributed by atoms with Crippen molar-refractivity contribution in [3.8, 4) is 5.88 Å². The van der Waals surface area contributed by atoms with Gasteiger partial charge in [-0.15, -0.1) is 0 Å². The standard InChI is InChI=1S/C17H19N3O3/c1-3-23-15-7-10(2)13(9-19-15)20-17(22)11-8-18-12-5-4-6-14(21)16(11)12/h7-9,18H,3-6H2,1-2H3,(H,20,22). The Bertz CT molecular complexity index is 764. The van der Waals surface area contributed by atoms with Crippen LogP contribution in [0.3, 0.4) is 0 Å². The van der Waals surface area contributed by atoms with Crippen LogP contribution in [0.1, 0.15) is 51.7 Å². The topological polar surface area (TPSA) is 84.1 Å². The zero-order valence-electron chi connectivity index (χ0n) is 13.2. The summed E-state index contributed by atoms with van der Waals surface area (Å²) in [5.41, 5.74) is 3.25. The Balaban J connectivity index is 1.83. The monoisotopic (exact) mass is 313 g/mol. The summed E-state index contributed by atoms with van der Waals surface area (Å²) >= 11 is 0. The van der Waals surface area contributed by atoms with E-state index in [2.05, 4.69) is 15.3 Å². The summed E-state index contributed by atoms with van der Waals surface area (Å²) < 4.78 is 5.33. The summed E-state index contributed by atoms with van der Waals surface area (Å²) in [6, 6.07) is 1.77. The van der Waals surface area contributed by atoms with Crippen LogP contribution in [0.2, 0.25) is 0 Å². The smallest absolute Gasteiger partial charge is 0.257 e. The summed E-state index contributed by atoms with van der Waals surface area (Å²) in [5.74, 6) is 0.253. The van der Waals surface area contributed by atoms with Crippen molar-refractivity contribution in [3.05, 3.63) is 40.8 Å². The highest BCUT2D eigenvalue weighted by Gasteiger charge is 2.26. The number of hydrogen-bond donors (Lipinski definition) is 2. The zero-order valence-corrected chi connectivity index (χ0v) is 13.2. The van der Waals surface area contributed by atoms with Gasteiger partial charge < -0.3 is 15.0 Å². The van der Waals surface area contributed by atoms with E-state index in [1.54, 1.807) is 18.5 Å². The van der Waals surface area contributed by atoms with Gasteiger partial charge in [0.2, 0.25) is 5.88 Å². The van der Waals surface area contributed by atoms with Crippen LogP contribution >= 0.6 is 0 Å². The molecule has 2 aromatic rings. The maximum Gasteiger partial charge on any atom is 0.257 e. The first kappa shape index (κ1) is 15.3. The lowest BCUT2D eigenvalue weighted by Gasteiger charge is -2.13. The molecule has 0 saturated carbocycles. The molecule has 120 valence electrons. The van der Waals surface area contributed by atoms with Crippen LogP contribution in [-0.2, 0) is 6.42 Å². The van der Waals surface area contributed by atoms with E-state index in [0.29, 0.717) is 35.7 Å². The fourth-order valence-electron chi connectivity index (χ4n) is 2.79. The number of hydrogen-bond acceptors (Lipinski definition) is 4. The van der Waals surface area contributed by atoms with Crippen molar-refractivity contribution in [2.45, 2.75) is 33.1 Å². The number of ketones is 1. The fourth-order valence-corrected chi connectivity index (χ4v) is 2.79. The Morgan fingerprint density at radius 1 is 1.43 bits per heavy atom. The Labute approximate surface area is 134 Å². The van der Waals surface area contributed by atoms with Crippen molar-refractivity contribution in [1.82, 2.24) is 9.97 Å². The highest BCUT2D eigenvalue weighted by atomic mass is 16.5. The van der Waals surface area contributed by atoms with E-state index in [-0.39, 0.29) is 11.7 Å². The minimum Gasteiger partial charge on any atom is -0.478 e. The number of aromatic nitrogens is 2. The number of H-pyrrole nitrogens is 1. The first-order valence-electron chi connectivity index (χ1n) is 7.74. The molecule has 6 heteroatoms. The molecule has 2 heterocycles. The Morgan fingerprint density at radius 2 is 2.26 bits per heavy atom. The molecule has 0 radical (unpaired) electrons. The molecule has 23 heavy (non-hydrogen) atoms. The van der Waals surface area contributed by atoms with E-state index in [0.717, 1.165) is 24.1 Å². The molecule has 1 amide bonds. The molecule has 3 rings (SSSR count). The molecule has 2 aromatic heterocycles. The number of rotatable bonds is 4. The van der Waals surface area contributed by atoms with E-state index in [1.165, 1.54) is 0 Å². The van der Waals surface area contributed by atoms with E-state index in [4.69, 9.17) is 4.74 Å². The fraction of sp³-hybridized carbons (Fsp3) is 0.353. The Hall–Kier alpha value is -2.63. The van der Waals surface area contributed by atoms with Crippen LogP contribution in [0.25, 0.3) is 0 Å². The lowest BCUT2D eigenvalue weighted by molar-refractivity contribution is 0.0956. The van der Waals surface area contributed by atoms with Crippen LogP contribution in [0.15, 0.2) is 18.5 Å². The molecule has 0 unspecified atom stereocenters. The van der Waals surface area contributed by atoms with Gasteiger partial charge in [-0.2, -0.15) is 0 Å². The number of carbonyl (C=O) groups is 2. The van der Waals surface area contributed by atoms with Crippen molar-refractivity contribution in [3.63, 3.8) is 0 Å². The van der Waals surface area contributed by atoms with Gasteiger partial charge in [0.25, 0.3) is 5.91 Å². The van der Waals surface area contributed by atoms with Crippen LogP contribution in [0.5, 0.6) is 5.88 Å². The third-order valence-electron chi connectivity index (χ3n) is 3.94. The van der Waals surface area contributed by atoms with E-state index < -0.39 is 0 Å². The summed E-state index contributed by atoms with van der Waals surface area (Å²) in [6.45, 7) is 4.30. The number of amides is 1. The van der Waals surface area contributed by atoms with E-state index in [9.17, 15) is 9.59 Å². The van der Waals surface area contributed by atoms with Crippen LogP contribution in [-0.4, -0.2) is 28.3 Å². The highest BCUT2D eigenvalue weighted by Crippen LogP contribution is 2.25. The number of aryl methyl sites for hydroxylation is 2. The lowest BCUT2D eigenvalue weighted by atomic mass is 9.93. The molecule has 0 bridgehead atoms. The predicted molar refractivity (Wildman–Crippen MR) is 86.2 cm³/mol. The van der Waals surface area contributed by atoms with Crippen molar-refractivity contribution in [1.29, 1.82) is 0 Å². The van der Waals surface area contributed by atoms with Crippen LogP contribution in [0.4, 0.5) is 5.69 Å². The molecule has 2 N–H and O–H groups in total. The first-order chi connectivity index (χ1) is 11.1. The molecular formula is C17H19N3O3. The summed E-state index contributed by atoms with van der Waals surface area (Å²) in [6.07, 6.45) is 5.31. The summed E-state index contributed by atoms with van der Waals surface area (Å²) in [5, 5.41) is 2.82. The van der Waals surface area contributed by atoms with Gasteiger partial charge in [0.1, 0.15) is 0 Å². The van der Waals surface area contributed by atoms with Crippen LogP contribution in [0, 0.1) is 6.92 Å². The molecule has 1 aliphatic rings. The van der Waals surface area contributed by atoms with Gasteiger partial charge in [-0.3, -0.25) is 9.59 Å². The number of pyridine rings is 1. The number of Topliss-reactive ketones (excluding diaryl/α,β-unsaturated/α-hetero) is 1. The number of anilines is 1. The van der Waals surface area contributed by atoms with Gasteiger partial charge >= 0.3 is 0 Å². The SMILES string of the molecule is CCOc1cc(C)c(NC(=O)c2c[nH]c3c2C(=O)CCC3)cn1. The molecule has 6 nitrogen and oxygen atoms in total. The Kier molecular flexibility index (Phi) is 4.14. The molecule has 0 aliphatic heterocycles. The van der Waals surface area contributed by atoms with Gasteiger partial charge in [0.15, 0.2) is 5.78 Å². The minimum absolute atomic E-state index is 0.0270. The maximum atomic E-state index is 12.5. The summed E-state index contributed by atoms with van der Waals surface area (Å²) in [7, 11) is 0. The van der Waals surface area contributed by atoms with Crippen LogP contribution < -0.4 is 10.1 Å². The van der Waals surface area contributed by atoms with E-state index in [1.807, 2.05) is 13.8 Å². The van der Waals surface area contributed by atoms with Gasteiger partial charge in [-0.05, 0) is 32.3 Å².